The largest absolute Gasteiger partial charge is 0.452 e. The van der Waals surface area contributed by atoms with Crippen LogP contribution < -0.4 is 10.0 Å². The van der Waals surface area contributed by atoms with Crippen molar-refractivity contribution in [3.05, 3.63) is 16.5 Å². The van der Waals surface area contributed by atoms with Gasteiger partial charge >= 0.3 is 0 Å². The van der Waals surface area contributed by atoms with Gasteiger partial charge < -0.3 is 14.5 Å². The second-order valence-electron chi connectivity index (χ2n) is 4.49. The summed E-state index contributed by atoms with van der Waals surface area (Å²) in [6.45, 7) is 6.58. The van der Waals surface area contributed by atoms with E-state index >= 15 is 0 Å². The molecule has 0 saturated heterocycles. The first-order chi connectivity index (χ1) is 10.0. The molecule has 0 fully saturated rings. The zero-order valence-corrected chi connectivity index (χ0v) is 14.8. The third-order valence-corrected chi connectivity index (χ3v) is 5.04. The summed E-state index contributed by atoms with van der Waals surface area (Å²) in [5, 5.41) is 3.08. The van der Waals surface area contributed by atoms with Crippen LogP contribution in [0, 0.1) is 0 Å². The van der Waals surface area contributed by atoms with Crippen LogP contribution in [0.2, 0.25) is 0 Å². The van der Waals surface area contributed by atoms with Gasteiger partial charge in [-0.3, -0.25) is 0 Å². The monoisotopic (exact) mass is 382 g/mol. The quantitative estimate of drug-likeness (QED) is 0.573. The number of hydrogen-bond acceptors (Lipinski definition) is 5. The first-order valence-electron chi connectivity index (χ1n) is 7.07. The maximum absolute atomic E-state index is 12.2. The van der Waals surface area contributed by atoms with Crippen molar-refractivity contribution in [2.24, 2.45) is 0 Å². The molecule has 0 bridgehead atoms. The number of furan rings is 1. The van der Waals surface area contributed by atoms with Crippen molar-refractivity contribution in [3.8, 4) is 0 Å². The number of halogens is 1. The van der Waals surface area contributed by atoms with Crippen LogP contribution in [0.3, 0.4) is 0 Å². The molecule has 0 unspecified atom stereocenters. The maximum atomic E-state index is 12.2. The maximum Gasteiger partial charge on any atom is 0.245 e. The van der Waals surface area contributed by atoms with Crippen molar-refractivity contribution in [2.75, 3.05) is 26.3 Å². The summed E-state index contributed by atoms with van der Waals surface area (Å²) in [7, 11) is -3.59. The van der Waals surface area contributed by atoms with E-state index in [1.165, 1.54) is 6.07 Å². The van der Waals surface area contributed by atoms with Crippen molar-refractivity contribution in [1.82, 2.24) is 10.0 Å². The standard InChI is InChI=1S/C13H23BrN2O4S/c1-3-5-7-19-8-6-16-21(17,18)12-9-11(10-15-4-2)20-13(12)14/h9,15-16H,3-8,10H2,1-2H3. The summed E-state index contributed by atoms with van der Waals surface area (Å²) in [6, 6.07) is 1.52. The summed E-state index contributed by atoms with van der Waals surface area (Å²) in [5.41, 5.74) is 0. The van der Waals surface area contributed by atoms with Gasteiger partial charge in [0.1, 0.15) is 10.7 Å². The molecule has 0 amide bonds. The minimum absolute atomic E-state index is 0.115. The van der Waals surface area contributed by atoms with Crippen molar-refractivity contribution in [3.63, 3.8) is 0 Å². The van der Waals surface area contributed by atoms with Crippen LogP contribution in [-0.2, 0) is 21.3 Å². The molecule has 1 aromatic heterocycles. The number of hydrogen-bond donors (Lipinski definition) is 2. The van der Waals surface area contributed by atoms with Gasteiger partial charge in [-0.1, -0.05) is 20.3 Å². The van der Waals surface area contributed by atoms with Gasteiger partial charge in [0.25, 0.3) is 0 Å². The molecule has 0 aromatic carbocycles. The highest BCUT2D eigenvalue weighted by molar-refractivity contribution is 9.10. The lowest BCUT2D eigenvalue weighted by Crippen LogP contribution is -2.27. The number of nitrogens with one attached hydrogen (secondary N) is 2. The molecule has 21 heavy (non-hydrogen) atoms. The summed E-state index contributed by atoms with van der Waals surface area (Å²) < 4.78 is 37.7. The molecule has 1 aromatic rings. The van der Waals surface area contributed by atoms with Crippen molar-refractivity contribution < 1.29 is 17.6 Å². The molecule has 0 saturated carbocycles. The molecule has 0 atom stereocenters. The molecule has 1 rings (SSSR count). The summed E-state index contributed by atoms with van der Waals surface area (Å²) >= 11 is 3.14. The zero-order chi connectivity index (χ0) is 15.7. The van der Waals surface area contributed by atoms with Gasteiger partial charge in [0.2, 0.25) is 10.0 Å². The first-order valence-corrected chi connectivity index (χ1v) is 9.35. The second-order valence-corrected chi connectivity index (χ2v) is 6.95. The van der Waals surface area contributed by atoms with Gasteiger partial charge in [-0.2, -0.15) is 0 Å². The minimum Gasteiger partial charge on any atom is -0.452 e. The number of ether oxygens (including phenoxy) is 1. The van der Waals surface area contributed by atoms with E-state index < -0.39 is 10.0 Å². The summed E-state index contributed by atoms with van der Waals surface area (Å²) in [6.07, 6.45) is 2.04. The fourth-order valence-corrected chi connectivity index (χ4v) is 3.60. The molecule has 0 aliphatic heterocycles. The fourth-order valence-electron chi connectivity index (χ4n) is 1.59. The van der Waals surface area contributed by atoms with Gasteiger partial charge in [-0.25, -0.2) is 13.1 Å². The van der Waals surface area contributed by atoms with Crippen LogP contribution in [-0.4, -0.2) is 34.7 Å². The zero-order valence-electron chi connectivity index (χ0n) is 12.4. The van der Waals surface area contributed by atoms with E-state index in [0.29, 0.717) is 25.5 Å². The lowest BCUT2D eigenvalue weighted by molar-refractivity contribution is 0.136. The average molecular weight is 383 g/mol. The Bertz CT molecular complexity index is 516. The topological polar surface area (TPSA) is 80.6 Å². The second kappa shape index (κ2) is 9.58. The van der Waals surface area contributed by atoms with Crippen molar-refractivity contribution >= 4 is 26.0 Å². The van der Waals surface area contributed by atoms with Crippen LogP contribution >= 0.6 is 15.9 Å². The molecule has 0 spiro atoms. The molecule has 0 aliphatic rings. The molecule has 8 heteroatoms. The number of rotatable bonds is 11. The van der Waals surface area contributed by atoms with Gasteiger partial charge in [0.15, 0.2) is 4.67 Å². The van der Waals surface area contributed by atoms with Crippen molar-refractivity contribution in [2.45, 2.75) is 38.1 Å². The van der Waals surface area contributed by atoms with E-state index in [9.17, 15) is 8.42 Å². The molecule has 1 heterocycles. The Hall–Kier alpha value is -0.410. The van der Waals surface area contributed by atoms with Crippen molar-refractivity contribution in [1.29, 1.82) is 0 Å². The summed E-state index contributed by atoms with van der Waals surface area (Å²) in [4.78, 5) is 0.115. The molecule has 122 valence electrons. The van der Waals surface area contributed by atoms with Gasteiger partial charge in [-0.05, 0) is 28.9 Å². The van der Waals surface area contributed by atoms with Crippen LogP contribution in [0.25, 0.3) is 0 Å². The van der Waals surface area contributed by atoms with Crippen LogP contribution in [0.4, 0.5) is 0 Å². The Labute approximate surface area is 134 Å². The smallest absolute Gasteiger partial charge is 0.245 e. The molecular weight excluding hydrogens is 360 g/mol. The molecule has 0 radical (unpaired) electrons. The van der Waals surface area contributed by atoms with E-state index in [4.69, 9.17) is 9.15 Å². The highest BCUT2D eigenvalue weighted by atomic mass is 79.9. The Morgan fingerprint density at radius 3 is 2.76 bits per heavy atom. The van der Waals surface area contributed by atoms with Crippen LogP contribution in [0.5, 0.6) is 0 Å². The predicted octanol–water partition coefficient (Wildman–Crippen LogP) is 2.25. The molecule has 6 nitrogen and oxygen atoms in total. The Kier molecular flexibility index (Phi) is 8.50. The normalized spacial score (nSPS) is 12.0. The van der Waals surface area contributed by atoms with Gasteiger partial charge in [-0.15, -0.1) is 0 Å². The Morgan fingerprint density at radius 1 is 1.33 bits per heavy atom. The van der Waals surface area contributed by atoms with Crippen LogP contribution in [0.15, 0.2) is 20.0 Å². The van der Waals surface area contributed by atoms with E-state index in [1.807, 2.05) is 6.92 Å². The molecule has 2 N–H and O–H groups in total. The predicted molar refractivity (Wildman–Crippen MR) is 84.7 cm³/mol. The van der Waals surface area contributed by atoms with Gasteiger partial charge in [0, 0.05) is 19.2 Å². The fraction of sp³-hybridized carbons (Fsp3) is 0.692. The summed E-state index contributed by atoms with van der Waals surface area (Å²) in [5.74, 6) is 0.572. The lowest BCUT2D eigenvalue weighted by Gasteiger charge is -2.06. The molecular formula is C13H23BrN2O4S. The minimum atomic E-state index is -3.59. The lowest BCUT2D eigenvalue weighted by atomic mass is 10.4. The van der Waals surface area contributed by atoms with E-state index in [2.05, 4.69) is 32.9 Å². The number of unbranched alkanes of at least 4 members (excludes halogenated alkanes) is 1. The van der Waals surface area contributed by atoms with E-state index in [1.54, 1.807) is 0 Å². The SMILES string of the molecule is CCCCOCCNS(=O)(=O)c1cc(CNCC)oc1Br. The Balaban J connectivity index is 2.51. The third-order valence-electron chi connectivity index (χ3n) is 2.73. The Morgan fingerprint density at radius 2 is 2.10 bits per heavy atom. The number of sulfonamides is 1. The highest BCUT2D eigenvalue weighted by Gasteiger charge is 2.21. The first kappa shape index (κ1) is 18.6. The van der Waals surface area contributed by atoms with E-state index in [0.717, 1.165) is 19.4 Å². The average Bonchev–Trinajstić information content (AvgIpc) is 2.82. The third kappa shape index (κ3) is 6.48. The highest BCUT2D eigenvalue weighted by Crippen LogP contribution is 2.25. The molecule has 0 aliphatic carbocycles. The van der Waals surface area contributed by atoms with Crippen LogP contribution in [0.1, 0.15) is 32.4 Å². The van der Waals surface area contributed by atoms with Gasteiger partial charge in [0.05, 0.1) is 13.2 Å². The van der Waals surface area contributed by atoms with E-state index in [-0.39, 0.29) is 16.1 Å².